The van der Waals surface area contributed by atoms with Crippen LogP contribution in [-0.4, -0.2) is 18.1 Å². The Bertz CT molecular complexity index is 543. The van der Waals surface area contributed by atoms with Gasteiger partial charge in [0, 0.05) is 12.7 Å². The van der Waals surface area contributed by atoms with Gasteiger partial charge < -0.3 is 10.1 Å². The molecule has 19 heavy (non-hydrogen) atoms. The number of ether oxygens (including phenoxy) is 1. The van der Waals surface area contributed by atoms with Gasteiger partial charge in [-0.25, -0.2) is 9.78 Å². The fourth-order valence-corrected chi connectivity index (χ4v) is 1.56. The number of carbonyl (C=O) groups is 1. The van der Waals surface area contributed by atoms with Crippen molar-refractivity contribution in [2.75, 3.05) is 12.4 Å². The van der Waals surface area contributed by atoms with Crippen LogP contribution >= 0.6 is 0 Å². The van der Waals surface area contributed by atoms with Crippen molar-refractivity contribution in [2.24, 2.45) is 0 Å². The number of anilines is 1. The summed E-state index contributed by atoms with van der Waals surface area (Å²) in [4.78, 5) is 15.7. The maximum Gasteiger partial charge on any atom is 0.320 e. The Hall–Kier alpha value is -2.56. The van der Waals surface area contributed by atoms with Crippen molar-refractivity contribution in [3.63, 3.8) is 0 Å². The van der Waals surface area contributed by atoms with Gasteiger partial charge >= 0.3 is 6.03 Å². The molecule has 98 valence electrons. The van der Waals surface area contributed by atoms with E-state index in [2.05, 4.69) is 15.6 Å². The summed E-state index contributed by atoms with van der Waals surface area (Å²) in [6, 6.07) is 12.6. The first kappa shape index (κ1) is 12.9. The van der Waals surface area contributed by atoms with E-state index in [1.54, 1.807) is 25.4 Å². The third-order valence-electron chi connectivity index (χ3n) is 2.49. The SMILES string of the molecule is COc1cccc(CNC(=O)Nc2ccccn2)c1. The summed E-state index contributed by atoms with van der Waals surface area (Å²) in [5.74, 6) is 1.29. The Morgan fingerprint density at radius 2 is 2.16 bits per heavy atom. The molecule has 1 heterocycles. The summed E-state index contributed by atoms with van der Waals surface area (Å²) in [5, 5.41) is 5.40. The number of carbonyl (C=O) groups excluding carboxylic acids is 1. The number of methoxy groups -OCH3 is 1. The van der Waals surface area contributed by atoms with Gasteiger partial charge in [-0.15, -0.1) is 0 Å². The molecule has 5 nitrogen and oxygen atoms in total. The number of urea groups is 1. The molecule has 0 radical (unpaired) electrons. The highest BCUT2D eigenvalue weighted by molar-refractivity contribution is 5.88. The van der Waals surface area contributed by atoms with Gasteiger partial charge in [-0.05, 0) is 29.8 Å². The highest BCUT2D eigenvalue weighted by atomic mass is 16.5. The van der Waals surface area contributed by atoms with Crippen molar-refractivity contribution >= 4 is 11.8 Å². The van der Waals surface area contributed by atoms with E-state index in [-0.39, 0.29) is 6.03 Å². The lowest BCUT2D eigenvalue weighted by atomic mass is 10.2. The number of aromatic nitrogens is 1. The fraction of sp³-hybridized carbons (Fsp3) is 0.143. The van der Waals surface area contributed by atoms with Crippen LogP contribution in [0, 0.1) is 0 Å². The van der Waals surface area contributed by atoms with Crippen molar-refractivity contribution in [2.45, 2.75) is 6.54 Å². The first-order valence-electron chi connectivity index (χ1n) is 5.87. The number of nitrogens with zero attached hydrogens (tertiary/aromatic N) is 1. The molecule has 0 aliphatic rings. The fourth-order valence-electron chi connectivity index (χ4n) is 1.56. The van der Waals surface area contributed by atoms with Crippen molar-refractivity contribution in [1.29, 1.82) is 0 Å². The van der Waals surface area contributed by atoms with Gasteiger partial charge in [0.25, 0.3) is 0 Å². The molecule has 2 amide bonds. The lowest BCUT2D eigenvalue weighted by Crippen LogP contribution is -2.28. The normalized spacial score (nSPS) is 9.74. The molecule has 0 aliphatic carbocycles. The van der Waals surface area contributed by atoms with E-state index >= 15 is 0 Å². The van der Waals surface area contributed by atoms with Crippen molar-refractivity contribution < 1.29 is 9.53 Å². The smallest absolute Gasteiger partial charge is 0.320 e. The van der Waals surface area contributed by atoms with Crippen molar-refractivity contribution in [3.05, 3.63) is 54.2 Å². The van der Waals surface area contributed by atoms with E-state index in [0.717, 1.165) is 11.3 Å². The summed E-state index contributed by atoms with van der Waals surface area (Å²) in [6.07, 6.45) is 1.62. The molecule has 0 atom stereocenters. The zero-order valence-corrected chi connectivity index (χ0v) is 10.6. The van der Waals surface area contributed by atoms with Crippen LogP contribution in [0.25, 0.3) is 0 Å². The van der Waals surface area contributed by atoms with E-state index in [0.29, 0.717) is 12.4 Å². The molecule has 0 saturated carbocycles. The van der Waals surface area contributed by atoms with Crippen molar-refractivity contribution in [3.8, 4) is 5.75 Å². The maximum atomic E-state index is 11.6. The lowest BCUT2D eigenvalue weighted by molar-refractivity contribution is 0.251. The predicted molar refractivity (Wildman–Crippen MR) is 73.1 cm³/mol. The molecule has 1 aromatic carbocycles. The monoisotopic (exact) mass is 257 g/mol. The summed E-state index contributed by atoms with van der Waals surface area (Å²) >= 11 is 0. The van der Waals surface area contributed by atoms with Crippen LogP contribution in [-0.2, 0) is 6.54 Å². The van der Waals surface area contributed by atoms with Crippen molar-refractivity contribution in [1.82, 2.24) is 10.3 Å². The van der Waals surface area contributed by atoms with E-state index in [1.165, 1.54) is 0 Å². The zero-order chi connectivity index (χ0) is 13.5. The average Bonchev–Trinajstić information content (AvgIpc) is 2.46. The average molecular weight is 257 g/mol. The predicted octanol–water partition coefficient (Wildman–Crippen LogP) is 2.41. The van der Waals surface area contributed by atoms with Crippen LogP contribution in [0.3, 0.4) is 0 Å². The first-order valence-corrected chi connectivity index (χ1v) is 5.87. The zero-order valence-electron chi connectivity index (χ0n) is 10.6. The minimum absolute atomic E-state index is 0.290. The second kappa shape index (κ2) is 6.39. The van der Waals surface area contributed by atoms with E-state index < -0.39 is 0 Å². The minimum Gasteiger partial charge on any atom is -0.497 e. The van der Waals surface area contributed by atoms with E-state index in [1.807, 2.05) is 30.3 Å². The standard InChI is InChI=1S/C14H15N3O2/c1-19-12-6-4-5-11(9-12)10-16-14(18)17-13-7-2-3-8-15-13/h2-9H,10H2,1H3,(H2,15,16,17,18). The molecule has 0 spiro atoms. The Morgan fingerprint density at radius 1 is 1.26 bits per heavy atom. The van der Waals surface area contributed by atoms with Gasteiger partial charge in [0.15, 0.2) is 0 Å². The van der Waals surface area contributed by atoms with Gasteiger partial charge in [0.1, 0.15) is 11.6 Å². The van der Waals surface area contributed by atoms with Crippen LogP contribution in [0.4, 0.5) is 10.6 Å². The van der Waals surface area contributed by atoms with Gasteiger partial charge in [-0.1, -0.05) is 18.2 Å². The molecule has 2 rings (SSSR count). The molecule has 0 aliphatic heterocycles. The Morgan fingerprint density at radius 3 is 2.89 bits per heavy atom. The van der Waals surface area contributed by atoms with Crippen LogP contribution in [0.2, 0.25) is 0 Å². The number of hydrogen-bond donors (Lipinski definition) is 2. The molecule has 5 heteroatoms. The molecule has 1 aromatic heterocycles. The molecule has 0 fully saturated rings. The van der Waals surface area contributed by atoms with Gasteiger partial charge in [0.05, 0.1) is 7.11 Å². The molecule has 0 bridgehead atoms. The molecule has 2 aromatic rings. The molecular weight excluding hydrogens is 242 g/mol. The van der Waals surface area contributed by atoms with Gasteiger partial charge in [-0.2, -0.15) is 0 Å². The van der Waals surface area contributed by atoms with Crippen LogP contribution in [0.5, 0.6) is 5.75 Å². The van der Waals surface area contributed by atoms with Gasteiger partial charge in [0.2, 0.25) is 0 Å². The van der Waals surface area contributed by atoms with Crippen LogP contribution < -0.4 is 15.4 Å². The molecule has 2 N–H and O–H groups in total. The highest BCUT2D eigenvalue weighted by Crippen LogP contribution is 2.12. The second-order valence-electron chi connectivity index (χ2n) is 3.87. The quantitative estimate of drug-likeness (QED) is 0.884. The number of nitrogens with one attached hydrogen (secondary N) is 2. The summed E-state index contributed by atoms with van der Waals surface area (Å²) in [5.41, 5.74) is 0.968. The number of rotatable bonds is 4. The largest absolute Gasteiger partial charge is 0.497 e. The first-order chi connectivity index (χ1) is 9.28. The summed E-state index contributed by atoms with van der Waals surface area (Å²) in [6.45, 7) is 0.426. The topological polar surface area (TPSA) is 63.2 Å². The summed E-state index contributed by atoms with van der Waals surface area (Å²) in [7, 11) is 1.61. The third-order valence-corrected chi connectivity index (χ3v) is 2.49. The highest BCUT2D eigenvalue weighted by Gasteiger charge is 2.02. The Balaban J connectivity index is 1.86. The third kappa shape index (κ3) is 3.99. The second-order valence-corrected chi connectivity index (χ2v) is 3.87. The van der Waals surface area contributed by atoms with Gasteiger partial charge in [-0.3, -0.25) is 5.32 Å². The van der Waals surface area contributed by atoms with E-state index in [9.17, 15) is 4.79 Å². The van der Waals surface area contributed by atoms with Crippen LogP contribution in [0.15, 0.2) is 48.7 Å². The lowest BCUT2D eigenvalue weighted by Gasteiger charge is -2.08. The molecule has 0 unspecified atom stereocenters. The molecule has 0 saturated heterocycles. The van der Waals surface area contributed by atoms with E-state index in [4.69, 9.17) is 4.74 Å². The molecular formula is C14H15N3O2. The summed E-state index contributed by atoms with van der Waals surface area (Å²) < 4.78 is 5.12. The number of pyridine rings is 1. The number of benzene rings is 1. The minimum atomic E-state index is -0.290. The Labute approximate surface area is 111 Å². The number of amides is 2. The number of hydrogen-bond acceptors (Lipinski definition) is 3. The maximum absolute atomic E-state index is 11.6. The Kier molecular flexibility index (Phi) is 4.34. The van der Waals surface area contributed by atoms with Crippen LogP contribution in [0.1, 0.15) is 5.56 Å².